The smallest absolute Gasteiger partial charge is 0.319 e. The van der Waals surface area contributed by atoms with E-state index in [1.54, 1.807) is 33.1 Å². The van der Waals surface area contributed by atoms with Gasteiger partial charge in [-0.1, -0.05) is 0 Å². The van der Waals surface area contributed by atoms with Crippen LogP contribution in [0.15, 0.2) is 0 Å². The Balaban J connectivity index is 2.28. The number of amides is 2. The van der Waals surface area contributed by atoms with Gasteiger partial charge in [-0.15, -0.1) is 0 Å². The van der Waals surface area contributed by atoms with E-state index in [1.807, 2.05) is 4.90 Å². The molecule has 1 saturated heterocycles. The first-order valence-corrected chi connectivity index (χ1v) is 8.45. The van der Waals surface area contributed by atoms with Crippen LogP contribution in [0.4, 0.5) is 4.79 Å². The monoisotopic (exact) mass is 306 g/mol. The molecule has 0 bridgehead atoms. The zero-order valence-corrected chi connectivity index (χ0v) is 13.6. The van der Waals surface area contributed by atoms with Gasteiger partial charge < -0.3 is 15.1 Å². The quantitative estimate of drug-likeness (QED) is 0.751. The number of nitrogens with zero attached hydrogens (tertiary/aromatic N) is 3. The summed E-state index contributed by atoms with van der Waals surface area (Å²) in [6.07, 6.45) is 1.73. The molecule has 7 nitrogen and oxygen atoms in total. The van der Waals surface area contributed by atoms with Crippen LogP contribution in [0.2, 0.25) is 0 Å². The van der Waals surface area contributed by atoms with E-state index in [1.165, 1.54) is 4.31 Å². The molecule has 0 aromatic heterocycles. The predicted octanol–water partition coefficient (Wildman–Crippen LogP) is -0.387. The number of carbonyl (C=O) groups excluding carboxylic acids is 1. The summed E-state index contributed by atoms with van der Waals surface area (Å²) >= 11 is 0. The van der Waals surface area contributed by atoms with E-state index >= 15 is 0 Å². The lowest BCUT2D eigenvalue weighted by atomic mass is 10.1. The fourth-order valence-electron chi connectivity index (χ4n) is 2.13. The average Bonchev–Trinajstić information content (AvgIpc) is 2.38. The maximum atomic E-state index is 11.8. The number of hydrogen-bond donors (Lipinski definition) is 1. The van der Waals surface area contributed by atoms with Crippen molar-refractivity contribution in [2.75, 3.05) is 53.6 Å². The molecule has 118 valence electrons. The highest BCUT2D eigenvalue weighted by atomic mass is 32.2. The molecule has 0 aromatic rings. The van der Waals surface area contributed by atoms with E-state index in [4.69, 9.17) is 0 Å². The lowest BCUT2D eigenvalue weighted by molar-refractivity contribution is 0.153. The van der Waals surface area contributed by atoms with Crippen LogP contribution in [0.1, 0.15) is 12.8 Å². The second kappa shape index (κ2) is 7.24. The highest BCUT2D eigenvalue weighted by Gasteiger charge is 2.23. The maximum absolute atomic E-state index is 11.8. The van der Waals surface area contributed by atoms with Crippen molar-refractivity contribution in [2.45, 2.75) is 18.9 Å². The van der Waals surface area contributed by atoms with Gasteiger partial charge >= 0.3 is 6.03 Å². The van der Waals surface area contributed by atoms with Crippen LogP contribution in [0.25, 0.3) is 0 Å². The molecule has 0 atom stereocenters. The normalized spacial score (nSPS) is 17.6. The molecule has 20 heavy (non-hydrogen) atoms. The van der Waals surface area contributed by atoms with Crippen LogP contribution in [0, 0.1) is 0 Å². The summed E-state index contributed by atoms with van der Waals surface area (Å²) in [5.74, 6) is 0.108. The van der Waals surface area contributed by atoms with E-state index in [2.05, 4.69) is 5.32 Å². The number of likely N-dealkylation sites (tertiary alicyclic amines) is 1. The standard InChI is InChI=1S/C12H26N4O3S/c1-14(2)12(17)16-8-5-11(6-9-16)13-7-10-20(18,19)15(3)4/h11,13H,5-10H2,1-4H3. The Morgan fingerprint density at radius 1 is 1.20 bits per heavy atom. The van der Waals surface area contributed by atoms with Crippen LogP contribution >= 0.6 is 0 Å². The minimum atomic E-state index is -3.13. The zero-order chi connectivity index (χ0) is 15.3. The van der Waals surface area contributed by atoms with Crippen LogP contribution in [-0.4, -0.2) is 88.2 Å². The van der Waals surface area contributed by atoms with E-state index in [-0.39, 0.29) is 11.8 Å². The largest absolute Gasteiger partial charge is 0.331 e. The Morgan fingerprint density at radius 3 is 2.20 bits per heavy atom. The van der Waals surface area contributed by atoms with Crippen molar-refractivity contribution < 1.29 is 13.2 Å². The molecular formula is C12H26N4O3S. The second-order valence-corrected chi connectivity index (χ2v) is 7.79. The first-order valence-electron chi connectivity index (χ1n) is 6.84. The fraction of sp³-hybridized carbons (Fsp3) is 0.917. The molecule has 0 spiro atoms. The number of urea groups is 1. The third kappa shape index (κ3) is 4.92. The van der Waals surface area contributed by atoms with Gasteiger partial charge in [0.1, 0.15) is 0 Å². The van der Waals surface area contributed by atoms with Crippen molar-refractivity contribution >= 4 is 16.1 Å². The summed E-state index contributed by atoms with van der Waals surface area (Å²) in [6.45, 7) is 1.89. The van der Waals surface area contributed by atoms with Crippen molar-refractivity contribution in [2.24, 2.45) is 0 Å². The molecule has 0 unspecified atom stereocenters. The Morgan fingerprint density at radius 2 is 1.75 bits per heavy atom. The fourth-order valence-corrected chi connectivity index (χ4v) is 2.87. The third-order valence-electron chi connectivity index (χ3n) is 3.50. The van der Waals surface area contributed by atoms with Gasteiger partial charge in [0.25, 0.3) is 0 Å². The Kier molecular flexibility index (Phi) is 6.22. The Labute approximate surface area is 121 Å². The molecule has 0 aromatic carbocycles. The van der Waals surface area contributed by atoms with Gasteiger partial charge in [-0.25, -0.2) is 17.5 Å². The summed E-state index contributed by atoms with van der Waals surface area (Å²) < 4.78 is 24.5. The molecule has 1 rings (SSSR count). The molecule has 1 N–H and O–H groups in total. The number of hydrogen-bond acceptors (Lipinski definition) is 4. The van der Waals surface area contributed by atoms with Crippen LogP contribution in [0.3, 0.4) is 0 Å². The Bertz CT molecular complexity index is 414. The minimum Gasteiger partial charge on any atom is -0.331 e. The van der Waals surface area contributed by atoms with Gasteiger partial charge in [0.2, 0.25) is 10.0 Å². The SMILES string of the molecule is CN(C)C(=O)N1CCC(NCCS(=O)(=O)N(C)C)CC1. The molecule has 1 aliphatic heterocycles. The second-order valence-electron chi connectivity index (χ2n) is 5.49. The van der Waals surface area contributed by atoms with Gasteiger partial charge in [0.15, 0.2) is 0 Å². The van der Waals surface area contributed by atoms with E-state index in [0.717, 1.165) is 25.9 Å². The minimum absolute atomic E-state index is 0.0404. The molecule has 1 aliphatic rings. The van der Waals surface area contributed by atoms with Gasteiger partial charge in [0, 0.05) is 53.9 Å². The van der Waals surface area contributed by atoms with E-state index < -0.39 is 10.0 Å². The molecule has 0 radical (unpaired) electrons. The van der Waals surface area contributed by atoms with Crippen molar-refractivity contribution in [3.8, 4) is 0 Å². The van der Waals surface area contributed by atoms with Gasteiger partial charge in [-0.05, 0) is 12.8 Å². The average molecular weight is 306 g/mol. The van der Waals surface area contributed by atoms with Crippen molar-refractivity contribution in [3.05, 3.63) is 0 Å². The number of piperidine rings is 1. The molecule has 0 saturated carbocycles. The molecule has 2 amide bonds. The number of rotatable bonds is 5. The zero-order valence-electron chi connectivity index (χ0n) is 12.8. The lowest BCUT2D eigenvalue weighted by Crippen LogP contribution is -2.48. The summed E-state index contributed by atoms with van der Waals surface area (Å²) in [6, 6.07) is 0.331. The van der Waals surface area contributed by atoms with Crippen LogP contribution < -0.4 is 5.32 Å². The topological polar surface area (TPSA) is 73.0 Å². The van der Waals surface area contributed by atoms with Crippen molar-refractivity contribution in [1.82, 2.24) is 19.4 Å². The van der Waals surface area contributed by atoms with E-state index in [9.17, 15) is 13.2 Å². The van der Waals surface area contributed by atoms with Crippen molar-refractivity contribution in [3.63, 3.8) is 0 Å². The highest BCUT2D eigenvalue weighted by Crippen LogP contribution is 2.11. The van der Waals surface area contributed by atoms with Gasteiger partial charge in [-0.2, -0.15) is 0 Å². The summed E-state index contributed by atoms with van der Waals surface area (Å²) in [7, 11) is 3.45. The predicted molar refractivity (Wildman–Crippen MR) is 79.2 cm³/mol. The lowest BCUT2D eigenvalue weighted by Gasteiger charge is -2.34. The van der Waals surface area contributed by atoms with E-state index in [0.29, 0.717) is 12.6 Å². The number of sulfonamides is 1. The van der Waals surface area contributed by atoms with Crippen molar-refractivity contribution in [1.29, 1.82) is 0 Å². The first-order chi connectivity index (χ1) is 9.24. The van der Waals surface area contributed by atoms with Crippen LogP contribution in [-0.2, 0) is 10.0 Å². The molecule has 8 heteroatoms. The van der Waals surface area contributed by atoms with Gasteiger partial charge in [-0.3, -0.25) is 0 Å². The van der Waals surface area contributed by atoms with Gasteiger partial charge in [0.05, 0.1) is 5.75 Å². The number of nitrogens with one attached hydrogen (secondary N) is 1. The summed E-state index contributed by atoms with van der Waals surface area (Å²) in [5.41, 5.74) is 0. The third-order valence-corrected chi connectivity index (χ3v) is 5.33. The summed E-state index contributed by atoms with van der Waals surface area (Å²) in [5, 5.41) is 3.26. The first kappa shape index (κ1) is 17.2. The highest BCUT2D eigenvalue weighted by molar-refractivity contribution is 7.89. The molecular weight excluding hydrogens is 280 g/mol. The number of carbonyl (C=O) groups is 1. The Hall–Kier alpha value is -0.860. The molecule has 1 fully saturated rings. The molecule has 1 heterocycles. The maximum Gasteiger partial charge on any atom is 0.319 e. The summed E-state index contributed by atoms with van der Waals surface area (Å²) in [4.78, 5) is 15.2. The molecule has 0 aliphatic carbocycles. The van der Waals surface area contributed by atoms with Crippen LogP contribution in [0.5, 0.6) is 0 Å².